The Morgan fingerprint density at radius 2 is 1.87 bits per heavy atom. The lowest BCUT2D eigenvalue weighted by molar-refractivity contribution is -0.145. The Kier molecular flexibility index (Phi) is 4.74. The number of carbonyl (C=O) groups excluding carboxylic acids is 1. The zero-order chi connectivity index (χ0) is 12.2. The largest absolute Gasteiger partial charge is 0.480 e. The van der Waals surface area contributed by atoms with Gasteiger partial charge in [0.15, 0.2) is 0 Å². The Balaban J connectivity index is 4.58. The molecule has 2 atom stereocenters. The summed E-state index contributed by atoms with van der Waals surface area (Å²) >= 11 is 0. The normalized spacial score (nSPS) is 15.5. The molecule has 0 saturated heterocycles. The van der Waals surface area contributed by atoms with E-state index < -0.39 is 17.4 Å². The van der Waals surface area contributed by atoms with E-state index in [1.54, 1.807) is 27.7 Å². The maximum absolute atomic E-state index is 11.5. The highest BCUT2D eigenvalue weighted by Crippen LogP contribution is 2.19. The molecule has 0 bridgehead atoms. The number of rotatable bonds is 4. The van der Waals surface area contributed by atoms with E-state index in [0.717, 1.165) is 0 Å². The average molecular weight is 216 g/mol. The lowest BCUT2D eigenvalue weighted by atomic mass is 9.86. The molecule has 0 aromatic heterocycles. The third-order valence-corrected chi connectivity index (χ3v) is 2.20. The summed E-state index contributed by atoms with van der Waals surface area (Å²) in [4.78, 5) is 22.4. The summed E-state index contributed by atoms with van der Waals surface area (Å²) in [5, 5.41) is 11.5. The van der Waals surface area contributed by atoms with Crippen LogP contribution < -0.4 is 11.1 Å². The zero-order valence-electron chi connectivity index (χ0n) is 9.70. The summed E-state index contributed by atoms with van der Waals surface area (Å²) in [5.74, 6) is -1.71. The van der Waals surface area contributed by atoms with Gasteiger partial charge in [-0.25, -0.2) is 4.79 Å². The second kappa shape index (κ2) is 5.11. The molecule has 4 N–H and O–H groups in total. The average Bonchev–Trinajstić information content (AvgIpc) is 2.09. The molecule has 0 spiro atoms. The molecule has 0 fully saturated rings. The van der Waals surface area contributed by atoms with Crippen LogP contribution in [0.2, 0.25) is 0 Å². The van der Waals surface area contributed by atoms with Crippen LogP contribution in [0.5, 0.6) is 0 Å². The summed E-state index contributed by atoms with van der Waals surface area (Å²) in [6, 6.07) is -0.890. The maximum Gasteiger partial charge on any atom is 0.326 e. The standard InChI is InChI=1S/C10H20N2O3/c1-6(5-11)8(13)12-7(9(14)15)10(2,3)4/h6-7H,5,11H2,1-4H3,(H,12,13)(H,14,15)/t6?,7-/m0/s1. The van der Waals surface area contributed by atoms with E-state index in [9.17, 15) is 9.59 Å². The third-order valence-electron chi connectivity index (χ3n) is 2.20. The second-order valence-corrected chi connectivity index (χ2v) is 4.78. The van der Waals surface area contributed by atoms with Gasteiger partial charge in [0, 0.05) is 12.5 Å². The first kappa shape index (κ1) is 13.9. The number of hydrogen-bond donors (Lipinski definition) is 3. The van der Waals surface area contributed by atoms with E-state index in [1.165, 1.54) is 0 Å². The van der Waals surface area contributed by atoms with Gasteiger partial charge in [0.2, 0.25) is 5.91 Å². The summed E-state index contributed by atoms with van der Waals surface area (Å²) < 4.78 is 0. The number of amides is 1. The molecule has 0 aliphatic carbocycles. The predicted octanol–water partition coefficient (Wildman–Crippen LogP) is 0.197. The molecule has 0 heterocycles. The van der Waals surface area contributed by atoms with Crippen LogP contribution in [0.4, 0.5) is 0 Å². The number of carboxylic acid groups (broad SMARTS) is 1. The minimum Gasteiger partial charge on any atom is -0.480 e. The Morgan fingerprint density at radius 1 is 1.40 bits per heavy atom. The van der Waals surface area contributed by atoms with Crippen molar-refractivity contribution in [2.45, 2.75) is 33.7 Å². The molecule has 0 aromatic rings. The monoisotopic (exact) mass is 216 g/mol. The second-order valence-electron chi connectivity index (χ2n) is 4.78. The van der Waals surface area contributed by atoms with Crippen molar-refractivity contribution in [2.24, 2.45) is 17.1 Å². The molecule has 1 unspecified atom stereocenters. The Labute approximate surface area is 90.0 Å². The Morgan fingerprint density at radius 3 is 2.13 bits per heavy atom. The van der Waals surface area contributed by atoms with Gasteiger partial charge in [0.25, 0.3) is 0 Å². The quantitative estimate of drug-likeness (QED) is 0.625. The van der Waals surface area contributed by atoms with E-state index in [2.05, 4.69) is 5.32 Å². The lowest BCUT2D eigenvalue weighted by Crippen LogP contribution is -2.51. The predicted molar refractivity (Wildman–Crippen MR) is 57.2 cm³/mol. The topological polar surface area (TPSA) is 92.4 Å². The highest BCUT2D eigenvalue weighted by atomic mass is 16.4. The van der Waals surface area contributed by atoms with Gasteiger partial charge in [0.1, 0.15) is 6.04 Å². The molecule has 5 nitrogen and oxygen atoms in total. The molecular formula is C10H20N2O3. The molecule has 88 valence electrons. The van der Waals surface area contributed by atoms with Crippen molar-refractivity contribution in [2.75, 3.05) is 6.54 Å². The molecule has 5 heteroatoms. The molecule has 15 heavy (non-hydrogen) atoms. The van der Waals surface area contributed by atoms with E-state index in [-0.39, 0.29) is 18.4 Å². The van der Waals surface area contributed by atoms with Crippen molar-refractivity contribution in [3.8, 4) is 0 Å². The van der Waals surface area contributed by atoms with Gasteiger partial charge in [-0.05, 0) is 5.41 Å². The minimum atomic E-state index is -1.03. The summed E-state index contributed by atoms with van der Waals surface area (Å²) in [7, 11) is 0. The van der Waals surface area contributed by atoms with Crippen LogP contribution in [-0.4, -0.2) is 29.6 Å². The van der Waals surface area contributed by atoms with Crippen LogP contribution in [-0.2, 0) is 9.59 Å². The first-order valence-electron chi connectivity index (χ1n) is 4.93. The fourth-order valence-electron chi connectivity index (χ4n) is 1.04. The van der Waals surface area contributed by atoms with Gasteiger partial charge in [-0.2, -0.15) is 0 Å². The molecule has 0 rings (SSSR count). The molecule has 0 saturated carbocycles. The van der Waals surface area contributed by atoms with Crippen LogP contribution in [0, 0.1) is 11.3 Å². The van der Waals surface area contributed by atoms with E-state index in [0.29, 0.717) is 0 Å². The van der Waals surface area contributed by atoms with E-state index in [1.807, 2.05) is 0 Å². The fraction of sp³-hybridized carbons (Fsp3) is 0.800. The van der Waals surface area contributed by atoms with Crippen LogP contribution in [0.15, 0.2) is 0 Å². The lowest BCUT2D eigenvalue weighted by Gasteiger charge is -2.28. The van der Waals surface area contributed by atoms with Gasteiger partial charge >= 0.3 is 5.97 Å². The van der Waals surface area contributed by atoms with E-state index in [4.69, 9.17) is 10.8 Å². The molecule has 0 radical (unpaired) electrons. The van der Waals surface area contributed by atoms with Gasteiger partial charge in [-0.1, -0.05) is 27.7 Å². The third kappa shape index (κ3) is 4.29. The number of carboxylic acids is 1. The summed E-state index contributed by atoms with van der Waals surface area (Å²) in [5.41, 5.74) is 4.81. The molecule has 0 aliphatic rings. The first-order chi connectivity index (χ1) is 6.70. The summed E-state index contributed by atoms with van der Waals surface area (Å²) in [6.45, 7) is 7.16. The highest BCUT2D eigenvalue weighted by molar-refractivity contribution is 5.85. The van der Waals surface area contributed by atoms with Crippen LogP contribution in [0.25, 0.3) is 0 Å². The number of carbonyl (C=O) groups is 2. The minimum absolute atomic E-state index is 0.211. The van der Waals surface area contributed by atoms with Crippen LogP contribution in [0.1, 0.15) is 27.7 Å². The van der Waals surface area contributed by atoms with Gasteiger partial charge in [0.05, 0.1) is 0 Å². The number of aliphatic carboxylic acids is 1. The molecule has 1 amide bonds. The number of hydrogen-bond acceptors (Lipinski definition) is 3. The molecular weight excluding hydrogens is 196 g/mol. The smallest absolute Gasteiger partial charge is 0.326 e. The van der Waals surface area contributed by atoms with Crippen LogP contribution >= 0.6 is 0 Å². The van der Waals surface area contributed by atoms with Gasteiger partial charge < -0.3 is 16.2 Å². The SMILES string of the molecule is CC(CN)C(=O)N[C@@H](C(=O)O)C(C)(C)C. The van der Waals surface area contributed by atoms with Crippen molar-refractivity contribution in [1.82, 2.24) is 5.32 Å². The van der Waals surface area contributed by atoms with E-state index >= 15 is 0 Å². The number of nitrogens with one attached hydrogen (secondary N) is 1. The zero-order valence-corrected chi connectivity index (χ0v) is 9.70. The van der Waals surface area contributed by atoms with Crippen molar-refractivity contribution >= 4 is 11.9 Å². The Hall–Kier alpha value is -1.10. The number of nitrogens with two attached hydrogens (primary N) is 1. The van der Waals surface area contributed by atoms with Gasteiger partial charge in [-0.3, -0.25) is 4.79 Å². The molecule has 0 aliphatic heterocycles. The van der Waals surface area contributed by atoms with Crippen molar-refractivity contribution in [3.63, 3.8) is 0 Å². The van der Waals surface area contributed by atoms with Gasteiger partial charge in [-0.15, -0.1) is 0 Å². The highest BCUT2D eigenvalue weighted by Gasteiger charge is 2.33. The first-order valence-corrected chi connectivity index (χ1v) is 4.93. The molecule has 0 aromatic carbocycles. The van der Waals surface area contributed by atoms with Crippen molar-refractivity contribution in [1.29, 1.82) is 0 Å². The maximum atomic E-state index is 11.5. The van der Waals surface area contributed by atoms with Crippen molar-refractivity contribution in [3.05, 3.63) is 0 Å². The van der Waals surface area contributed by atoms with Crippen LogP contribution in [0.3, 0.4) is 0 Å². The Bertz CT molecular complexity index is 246. The summed E-state index contributed by atoms with van der Waals surface area (Å²) in [6.07, 6.45) is 0. The fourth-order valence-corrected chi connectivity index (χ4v) is 1.04. The van der Waals surface area contributed by atoms with Crippen molar-refractivity contribution < 1.29 is 14.7 Å².